The molecule has 2 aliphatic rings. The highest BCUT2D eigenvalue weighted by atomic mass is 16.5. The van der Waals surface area contributed by atoms with Gasteiger partial charge in [-0.1, -0.05) is 0 Å². The van der Waals surface area contributed by atoms with Crippen molar-refractivity contribution < 1.29 is 24.4 Å². The van der Waals surface area contributed by atoms with Crippen LogP contribution >= 0.6 is 0 Å². The Kier molecular flexibility index (Phi) is 2.95. The third kappa shape index (κ3) is 1.96. The lowest BCUT2D eigenvalue weighted by atomic mass is 10.0. The molecule has 1 aromatic rings. The second-order valence-electron chi connectivity index (χ2n) is 4.82. The number of rotatable bonds is 2. The molecule has 0 radical (unpaired) electrons. The van der Waals surface area contributed by atoms with Gasteiger partial charge in [-0.3, -0.25) is 40.1 Å². The molecule has 0 saturated carbocycles. The van der Waals surface area contributed by atoms with E-state index in [0.29, 0.717) is 0 Å². The summed E-state index contributed by atoms with van der Waals surface area (Å²) in [5.74, 6) is -2.25. The predicted octanol–water partition coefficient (Wildman–Crippen LogP) is -0.111. The predicted molar refractivity (Wildman–Crippen MR) is 68.5 cm³/mol. The van der Waals surface area contributed by atoms with Crippen LogP contribution in [0.15, 0.2) is 18.2 Å². The van der Waals surface area contributed by atoms with Crippen molar-refractivity contribution in [1.82, 2.24) is 10.2 Å². The molecule has 0 bridgehead atoms. The Bertz CT molecular complexity index is 684. The molecule has 1 unspecified atom stereocenters. The number of benzene rings is 1. The monoisotopic (exact) mass is 289 g/mol. The van der Waals surface area contributed by atoms with Crippen LogP contribution in [0.25, 0.3) is 0 Å². The maximum Gasteiger partial charge on any atom is 0.262 e. The maximum absolute atomic E-state index is 12.3. The molecule has 8 heteroatoms. The van der Waals surface area contributed by atoms with Crippen LogP contribution < -0.4 is 10.8 Å². The van der Waals surface area contributed by atoms with E-state index >= 15 is 0 Å². The Morgan fingerprint density at radius 1 is 1.14 bits per heavy atom. The highest BCUT2D eigenvalue weighted by Crippen LogP contribution is 2.29. The molecule has 1 fully saturated rings. The van der Waals surface area contributed by atoms with Crippen molar-refractivity contribution in [2.75, 3.05) is 5.48 Å². The van der Waals surface area contributed by atoms with Gasteiger partial charge in [-0.05, 0) is 24.6 Å². The standard InChI is InChI=1S/C13H11N3O5/c17-10-4-3-9(11(18)14-10)16-12(19)7-2-1-6(15-21)5-8(7)13(16)20/h1-2,5,9,15,21H,3-4H2,(H,14,17,18). The van der Waals surface area contributed by atoms with E-state index in [0.717, 1.165) is 4.90 Å². The van der Waals surface area contributed by atoms with E-state index in [1.54, 1.807) is 0 Å². The molecule has 21 heavy (non-hydrogen) atoms. The summed E-state index contributed by atoms with van der Waals surface area (Å²) in [7, 11) is 0. The number of fused-ring (bicyclic) bond motifs is 1. The van der Waals surface area contributed by atoms with Crippen molar-refractivity contribution in [1.29, 1.82) is 0 Å². The Balaban J connectivity index is 1.96. The van der Waals surface area contributed by atoms with Crippen molar-refractivity contribution in [2.45, 2.75) is 18.9 Å². The number of carbonyl (C=O) groups is 4. The van der Waals surface area contributed by atoms with Gasteiger partial charge in [0.1, 0.15) is 6.04 Å². The fourth-order valence-electron chi connectivity index (χ4n) is 2.54. The number of nitrogens with one attached hydrogen (secondary N) is 2. The molecule has 8 nitrogen and oxygen atoms in total. The fourth-order valence-corrected chi connectivity index (χ4v) is 2.54. The van der Waals surface area contributed by atoms with E-state index in [2.05, 4.69) is 5.32 Å². The number of hydrogen-bond donors (Lipinski definition) is 3. The molecule has 1 saturated heterocycles. The van der Waals surface area contributed by atoms with Crippen LogP contribution in [0.3, 0.4) is 0 Å². The molecule has 4 amide bonds. The first kappa shape index (κ1) is 13.3. The topological polar surface area (TPSA) is 116 Å². The average Bonchev–Trinajstić information content (AvgIpc) is 2.71. The van der Waals surface area contributed by atoms with Crippen LogP contribution in [0.1, 0.15) is 33.6 Å². The van der Waals surface area contributed by atoms with Gasteiger partial charge in [-0.15, -0.1) is 0 Å². The summed E-state index contributed by atoms with van der Waals surface area (Å²) in [5, 5.41) is 11.0. The van der Waals surface area contributed by atoms with Gasteiger partial charge >= 0.3 is 0 Å². The van der Waals surface area contributed by atoms with Crippen LogP contribution in [-0.4, -0.2) is 39.8 Å². The second-order valence-corrected chi connectivity index (χ2v) is 4.82. The summed E-state index contributed by atoms with van der Waals surface area (Å²) in [4.78, 5) is 48.5. The third-order valence-corrected chi connectivity index (χ3v) is 3.57. The summed E-state index contributed by atoms with van der Waals surface area (Å²) in [6.07, 6.45) is 0.189. The van der Waals surface area contributed by atoms with Gasteiger partial charge in [0.15, 0.2) is 0 Å². The minimum atomic E-state index is -0.986. The largest absolute Gasteiger partial charge is 0.295 e. The van der Waals surface area contributed by atoms with Gasteiger partial charge in [0.05, 0.1) is 16.8 Å². The summed E-state index contributed by atoms with van der Waals surface area (Å²) in [5.41, 5.74) is 2.44. The van der Waals surface area contributed by atoms with E-state index < -0.39 is 29.7 Å². The normalized spacial score (nSPS) is 21.4. The van der Waals surface area contributed by atoms with Gasteiger partial charge in [0.2, 0.25) is 11.8 Å². The molecule has 1 aromatic carbocycles. The summed E-state index contributed by atoms with van der Waals surface area (Å²) in [6, 6.07) is 3.19. The zero-order valence-electron chi connectivity index (χ0n) is 10.8. The average molecular weight is 289 g/mol. The summed E-state index contributed by atoms with van der Waals surface area (Å²) >= 11 is 0. The van der Waals surface area contributed by atoms with Gasteiger partial charge in [0.25, 0.3) is 11.8 Å². The number of piperidine rings is 1. The zero-order chi connectivity index (χ0) is 15.1. The SMILES string of the molecule is O=C1CCC(N2C(=O)c3ccc(NO)cc3C2=O)C(=O)N1. The maximum atomic E-state index is 12.3. The molecule has 2 heterocycles. The number of amides is 4. The molecule has 3 N–H and O–H groups in total. The number of nitrogens with zero attached hydrogens (tertiary/aromatic N) is 1. The fraction of sp³-hybridized carbons (Fsp3) is 0.231. The van der Waals surface area contributed by atoms with Crippen molar-refractivity contribution in [3.63, 3.8) is 0 Å². The molecular formula is C13H11N3O5. The summed E-state index contributed by atoms with van der Waals surface area (Å²) < 4.78 is 0. The molecule has 3 rings (SSSR count). The first-order chi connectivity index (χ1) is 10.0. The van der Waals surface area contributed by atoms with Gasteiger partial charge in [0, 0.05) is 6.42 Å². The second kappa shape index (κ2) is 4.67. The Morgan fingerprint density at radius 2 is 1.86 bits per heavy atom. The van der Waals surface area contributed by atoms with Crippen LogP contribution in [0.2, 0.25) is 0 Å². The lowest BCUT2D eigenvalue weighted by molar-refractivity contribution is -0.136. The van der Waals surface area contributed by atoms with Gasteiger partial charge in [-0.2, -0.15) is 0 Å². The van der Waals surface area contributed by atoms with E-state index in [1.165, 1.54) is 18.2 Å². The third-order valence-electron chi connectivity index (χ3n) is 3.57. The van der Waals surface area contributed by atoms with Gasteiger partial charge < -0.3 is 0 Å². The Morgan fingerprint density at radius 3 is 2.52 bits per heavy atom. The van der Waals surface area contributed by atoms with Crippen molar-refractivity contribution in [3.05, 3.63) is 29.3 Å². The van der Waals surface area contributed by atoms with E-state index in [1.807, 2.05) is 5.48 Å². The molecule has 2 aliphatic heterocycles. The van der Waals surface area contributed by atoms with Crippen molar-refractivity contribution >= 4 is 29.3 Å². The lowest BCUT2D eigenvalue weighted by Gasteiger charge is -2.27. The van der Waals surface area contributed by atoms with Crippen LogP contribution in [0.4, 0.5) is 5.69 Å². The molecular weight excluding hydrogens is 278 g/mol. The smallest absolute Gasteiger partial charge is 0.262 e. The van der Waals surface area contributed by atoms with Crippen LogP contribution in [0.5, 0.6) is 0 Å². The van der Waals surface area contributed by atoms with E-state index in [4.69, 9.17) is 5.21 Å². The van der Waals surface area contributed by atoms with Crippen LogP contribution in [-0.2, 0) is 9.59 Å². The minimum absolute atomic E-state index is 0.0766. The zero-order valence-corrected chi connectivity index (χ0v) is 10.8. The number of imide groups is 2. The molecule has 1 atom stereocenters. The molecule has 108 valence electrons. The van der Waals surface area contributed by atoms with Crippen molar-refractivity contribution in [3.8, 4) is 0 Å². The Labute approximate surface area is 118 Å². The van der Waals surface area contributed by atoms with Crippen LogP contribution in [0, 0.1) is 0 Å². The number of anilines is 1. The summed E-state index contributed by atoms with van der Waals surface area (Å²) in [6.45, 7) is 0. The molecule has 0 spiro atoms. The minimum Gasteiger partial charge on any atom is -0.295 e. The van der Waals surface area contributed by atoms with Crippen molar-refractivity contribution in [2.24, 2.45) is 0 Å². The Hall–Kier alpha value is -2.74. The van der Waals surface area contributed by atoms with E-state index in [9.17, 15) is 19.2 Å². The number of carbonyl (C=O) groups excluding carboxylic acids is 4. The van der Waals surface area contributed by atoms with Gasteiger partial charge in [-0.25, -0.2) is 0 Å². The number of hydrogen-bond acceptors (Lipinski definition) is 6. The first-order valence-electron chi connectivity index (χ1n) is 6.28. The molecule has 0 aliphatic carbocycles. The highest BCUT2D eigenvalue weighted by molar-refractivity contribution is 6.23. The molecule has 0 aromatic heterocycles. The lowest BCUT2D eigenvalue weighted by Crippen LogP contribution is -2.54. The quantitative estimate of drug-likeness (QED) is 0.516. The highest BCUT2D eigenvalue weighted by Gasteiger charge is 2.44. The first-order valence-corrected chi connectivity index (χ1v) is 6.28. The van der Waals surface area contributed by atoms with E-state index in [-0.39, 0.29) is 29.7 Å².